The highest BCUT2D eigenvalue weighted by atomic mass is 32.2. The molecule has 2 amide bonds. The highest BCUT2D eigenvalue weighted by Crippen LogP contribution is 2.42. The van der Waals surface area contributed by atoms with Crippen LogP contribution in [0.1, 0.15) is 42.4 Å². The van der Waals surface area contributed by atoms with Gasteiger partial charge in [-0.05, 0) is 61.6 Å². The van der Waals surface area contributed by atoms with Crippen molar-refractivity contribution in [1.29, 1.82) is 0 Å². The first-order valence-electron chi connectivity index (χ1n) is 10.9. The summed E-state index contributed by atoms with van der Waals surface area (Å²) in [6.45, 7) is 4.62. The maximum Gasteiger partial charge on any atom is 0.414 e. The molecule has 1 saturated heterocycles. The zero-order valence-corrected chi connectivity index (χ0v) is 19.2. The number of carbonyl (C=O) groups is 2. The van der Waals surface area contributed by atoms with Gasteiger partial charge in [-0.1, -0.05) is 37.1 Å². The predicted molar refractivity (Wildman–Crippen MR) is 121 cm³/mol. The number of nitrogens with zero attached hydrogens (tertiary/aromatic N) is 1. The lowest BCUT2D eigenvalue weighted by Gasteiger charge is -2.28. The van der Waals surface area contributed by atoms with E-state index in [9.17, 15) is 18.0 Å². The van der Waals surface area contributed by atoms with Crippen LogP contribution in [0.3, 0.4) is 0 Å². The summed E-state index contributed by atoms with van der Waals surface area (Å²) in [6.07, 6.45) is 1.63. The Morgan fingerprint density at radius 3 is 2.56 bits per heavy atom. The quantitative estimate of drug-likeness (QED) is 0.716. The number of benzene rings is 2. The Labute approximate surface area is 188 Å². The second-order valence-corrected chi connectivity index (χ2v) is 10.8. The van der Waals surface area contributed by atoms with Gasteiger partial charge in [0.05, 0.1) is 11.4 Å². The molecule has 0 unspecified atom stereocenters. The highest BCUT2D eigenvalue weighted by molar-refractivity contribution is 7.93. The molecule has 1 saturated carbocycles. The molecule has 1 heterocycles. The number of aryl methyl sites for hydroxylation is 2. The summed E-state index contributed by atoms with van der Waals surface area (Å²) in [7, 11) is -3.87. The van der Waals surface area contributed by atoms with Gasteiger partial charge in [-0.15, -0.1) is 0 Å². The van der Waals surface area contributed by atoms with E-state index in [1.54, 1.807) is 31.2 Å². The van der Waals surface area contributed by atoms with Crippen molar-refractivity contribution in [2.75, 3.05) is 18.1 Å². The van der Waals surface area contributed by atoms with Crippen molar-refractivity contribution >= 4 is 27.5 Å². The molecule has 4 rings (SSSR count). The van der Waals surface area contributed by atoms with Crippen LogP contribution in [0.5, 0.6) is 0 Å². The van der Waals surface area contributed by atoms with Gasteiger partial charge in [-0.25, -0.2) is 13.2 Å². The molecule has 1 aliphatic carbocycles. The summed E-state index contributed by atoms with van der Waals surface area (Å²) in [5.41, 5.74) is 2.98. The van der Waals surface area contributed by atoms with E-state index >= 15 is 0 Å². The third kappa shape index (κ3) is 3.88. The number of rotatable bonds is 6. The highest BCUT2D eigenvalue weighted by Gasteiger charge is 2.53. The third-order valence-electron chi connectivity index (χ3n) is 6.41. The molecule has 0 atom stereocenters. The van der Waals surface area contributed by atoms with Crippen LogP contribution in [0, 0.1) is 13.8 Å². The topological polar surface area (TPSA) is 92.8 Å². The molecule has 0 radical (unpaired) electrons. The molecule has 8 heteroatoms. The fourth-order valence-electron chi connectivity index (χ4n) is 4.58. The molecular weight excluding hydrogens is 428 g/mol. The molecule has 0 bridgehead atoms. The largest absolute Gasteiger partial charge is 0.447 e. The first kappa shape index (κ1) is 22.3. The number of hydrogen-bond acceptors (Lipinski definition) is 5. The van der Waals surface area contributed by atoms with E-state index in [1.807, 2.05) is 25.1 Å². The summed E-state index contributed by atoms with van der Waals surface area (Å²) in [5.74, 6) is -0.457. The molecule has 0 spiro atoms. The Morgan fingerprint density at radius 2 is 1.88 bits per heavy atom. The summed E-state index contributed by atoms with van der Waals surface area (Å²) in [4.78, 5) is 27.0. The minimum Gasteiger partial charge on any atom is -0.447 e. The maximum atomic E-state index is 13.7. The normalized spacial score (nSPS) is 17.9. The van der Waals surface area contributed by atoms with Crippen molar-refractivity contribution in [3.05, 3.63) is 59.2 Å². The van der Waals surface area contributed by atoms with Crippen LogP contribution in [-0.4, -0.2) is 38.3 Å². The number of cyclic esters (lactones) is 1. The Kier molecular flexibility index (Phi) is 5.99. The standard InChI is InChI=1S/C24H28N2O5S/c1-17-8-9-18(2)21(14-17)32(29,30)24(10-3-4-11-24)22(27)25-16-19-6-5-7-20(15-19)26-12-13-31-23(26)28/h5-9,14-15H,3-4,10-13,16H2,1-2H3,(H,25,27). The number of nitrogens with one attached hydrogen (secondary N) is 1. The van der Waals surface area contributed by atoms with Crippen LogP contribution in [-0.2, 0) is 25.9 Å². The molecule has 1 aliphatic heterocycles. The minimum atomic E-state index is -3.87. The van der Waals surface area contributed by atoms with E-state index in [0.717, 1.165) is 11.1 Å². The van der Waals surface area contributed by atoms with Gasteiger partial charge in [0.25, 0.3) is 0 Å². The van der Waals surface area contributed by atoms with Crippen LogP contribution in [0.15, 0.2) is 47.4 Å². The number of sulfone groups is 1. The minimum absolute atomic E-state index is 0.180. The van der Waals surface area contributed by atoms with Crippen LogP contribution in [0.2, 0.25) is 0 Å². The first-order valence-corrected chi connectivity index (χ1v) is 12.4. The van der Waals surface area contributed by atoms with E-state index in [2.05, 4.69) is 5.32 Å². The van der Waals surface area contributed by atoms with Crippen LogP contribution >= 0.6 is 0 Å². The van der Waals surface area contributed by atoms with E-state index in [-0.39, 0.29) is 11.4 Å². The zero-order chi connectivity index (χ0) is 22.9. The molecule has 170 valence electrons. The summed E-state index contributed by atoms with van der Waals surface area (Å²) in [5, 5.41) is 2.87. The Morgan fingerprint density at radius 1 is 1.12 bits per heavy atom. The second kappa shape index (κ2) is 8.58. The van der Waals surface area contributed by atoms with Gasteiger partial charge in [0, 0.05) is 12.2 Å². The van der Waals surface area contributed by atoms with Gasteiger partial charge in [0.2, 0.25) is 5.91 Å². The number of hydrogen-bond donors (Lipinski definition) is 1. The van der Waals surface area contributed by atoms with E-state index in [4.69, 9.17) is 4.74 Å². The lowest BCUT2D eigenvalue weighted by atomic mass is 10.1. The van der Waals surface area contributed by atoms with Crippen LogP contribution < -0.4 is 10.2 Å². The number of anilines is 1. The smallest absolute Gasteiger partial charge is 0.414 e. The zero-order valence-electron chi connectivity index (χ0n) is 18.4. The number of ether oxygens (including phenoxy) is 1. The Hall–Kier alpha value is -2.87. The summed E-state index contributed by atoms with van der Waals surface area (Å²) < 4.78 is 31.0. The molecule has 2 fully saturated rings. The van der Waals surface area contributed by atoms with Crippen molar-refractivity contribution in [1.82, 2.24) is 5.32 Å². The monoisotopic (exact) mass is 456 g/mol. The molecule has 2 aromatic rings. The first-order chi connectivity index (χ1) is 15.2. The van der Waals surface area contributed by atoms with Crippen molar-refractivity contribution in [3.8, 4) is 0 Å². The lowest BCUT2D eigenvalue weighted by Crippen LogP contribution is -2.50. The fourth-order valence-corrected chi connectivity index (χ4v) is 6.97. The lowest BCUT2D eigenvalue weighted by molar-refractivity contribution is -0.123. The second-order valence-electron chi connectivity index (χ2n) is 8.59. The maximum absolute atomic E-state index is 13.7. The molecule has 2 aromatic carbocycles. The molecule has 7 nitrogen and oxygen atoms in total. The number of amides is 2. The van der Waals surface area contributed by atoms with Crippen LogP contribution in [0.25, 0.3) is 0 Å². The van der Waals surface area contributed by atoms with Gasteiger partial charge in [0.1, 0.15) is 6.61 Å². The molecule has 32 heavy (non-hydrogen) atoms. The van der Waals surface area contributed by atoms with Gasteiger partial charge in [0.15, 0.2) is 14.6 Å². The van der Waals surface area contributed by atoms with E-state index in [0.29, 0.717) is 50.1 Å². The summed E-state index contributed by atoms with van der Waals surface area (Å²) >= 11 is 0. The van der Waals surface area contributed by atoms with Gasteiger partial charge in [-0.3, -0.25) is 9.69 Å². The predicted octanol–water partition coefficient (Wildman–Crippen LogP) is 3.66. The third-order valence-corrected chi connectivity index (χ3v) is 9.05. The van der Waals surface area contributed by atoms with Crippen LogP contribution in [0.4, 0.5) is 10.5 Å². The van der Waals surface area contributed by atoms with Crippen molar-refractivity contribution < 1.29 is 22.7 Å². The SMILES string of the molecule is Cc1ccc(C)c(S(=O)(=O)C2(C(=O)NCc3cccc(N4CCOC4=O)c3)CCCC2)c1. The molecular formula is C24H28N2O5S. The van der Waals surface area contributed by atoms with E-state index < -0.39 is 26.6 Å². The van der Waals surface area contributed by atoms with Gasteiger partial charge < -0.3 is 10.1 Å². The Bertz CT molecular complexity index is 1150. The summed E-state index contributed by atoms with van der Waals surface area (Å²) in [6, 6.07) is 12.6. The molecule has 0 aromatic heterocycles. The van der Waals surface area contributed by atoms with Gasteiger partial charge >= 0.3 is 6.09 Å². The average Bonchev–Trinajstić information content (AvgIpc) is 3.44. The van der Waals surface area contributed by atoms with Gasteiger partial charge in [-0.2, -0.15) is 0 Å². The van der Waals surface area contributed by atoms with Crippen molar-refractivity contribution in [2.24, 2.45) is 0 Å². The van der Waals surface area contributed by atoms with Crippen molar-refractivity contribution in [2.45, 2.75) is 55.7 Å². The molecule has 1 N–H and O–H groups in total. The fraction of sp³-hybridized carbons (Fsp3) is 0.417. The number of carbonyl (C=O) groups excluding carboxylic acids is 2. The average molecular weight is 457 g/mol. The Balaban J connectivity index is 1.57. The van der Waals surface area contributed by atoms with E-state index in [1.165, 1.54) is 4.90 Å². The van der Waals surface area contributed by atoms with Crippen molar-refractivity contribution in [3.63, 3.8) is 0 Å². The molecule has 2 aliphatic rings.